The molecule has 0 saturated carbocycles. The standard InChI is InChI=1S/C45H58F2O13/c1-8-9-10-11-12-14-32-23-35(46)42(36(47)24-32)34-16-17-37(33(25-34)15-13-22-56-43(52)30(2)3)57-26-45(29-60-44(53)31(4)5,27-58-40(50)20-18-38(48)54-6)28-59-41(51)21-19-39(49)55-7/h16-17,23-25H,2,4,8-15,18-22,26-29H2,1,3,5-7H3. The number of ether oxygens (including phenoxy) is 7. The molecule has 0 aliphatic carbocycles. The largest absolute Gasteiger partial charge is 0.492 e. The average Bonchev–Trinajstić information content (AvgIpc) is 3.22. The summed E-state index contributed by atoms with van der Waals surface area (Å²) in [6.45, 7) is 10.1. The minimum atomic E-state index is -1.59. The van der Waals surface area contributed by atoms with Crippen LogP contribution in [-0.2, 0) is 70.0 Å². The van der Waals surface area contributed by atoms with Crippen LogP contribution in [0.2, 0.25) is 0 Å². The first-order valence-electron chi connectivity index (χ1n) is 19.9. The van der Waals surface area contributed by atoms with Crippen molar-refractivity contribution in [3.8, 4) is 16.9 Å². The fraction of sp³-hybridized carbons (Fsp3) is 0.511. The molecule has 0 fully saturated rings. The molecular formula is C45H58F2O13. The molecule has 330 valence electrons. The molecule has 0 radical (unpaired) electrons. The molecular weight excluding hydrogens is 786 g/mol. The molecule has 0 spiro atoms. The number of halogens is 2. The van der Waals surface area contributed by atoms with Crippen molar-refractivity contribution in [2.24, 2.45) is 5.41 Å². The smallest absolute Gasteiger partial charge is 0.333 e. The van der Waals surface area contributed by atoms with Crippen LogP contribution in [-0.4, -0.2) is 83.1 Å². The lowest BCUT2D eigenvalue weighted by molar-refractivity contribution is -0.165. The Morgan fingerprint density at radius 3 is 1.67 bits per heavy atom. The Kier molecular flexibility index (Phi) is 22.3. The highest BCUT2D eigenvalue weighted by atomic mass is 19.1. The van der Waals surface area contributed by atoms with Crippen molar-refractivity contribution in [2.45, 2.75) is 97.8 Å². The van der Waals surface area contributed by atoms with Gasteiger partial charge in [-0.3, -0.25) is 19.2 Å². The summed E-state index contributed by atoms with van der Waals surface area (Å²) in [6, 6.07) is 7.16. The van der Waals surface area contributed by atoms with Gasteiger partial charge in [0.25, 0.3) is 0 Å². The summed E-state index contributed by atoms with van der Waals surface area (Å²) in [6.07, 6.45) is 4.69. The van der Waals surface area contributed by atoms with Gasteiger partial charge in [-0.1, -0.05) is 51.8 Å². The van der Waals surface area contributed by atoms with Crippen LogP contribution in [0.25, 0.3) is 11.1 Å². The van der Waals surface area contributed by atoms with Crippen LogP contribution in [0.15, 0.2) is 54.6 Å². The fourth-order valence-electron chi connectivity index (χ4n) is 5.65. The molecule has 13 nitrogen and oxygen atoms in total. The lowest BCUT2D eigenvalue weighted by Gasteiger charge is -2.32. The van der Waals surface area contributed by atoms with Gasteiger partial charge in [-0.25, -0.2) is 18.4 Å². The number of methoxy groups -OCH3 is 2. The zero-order valence-corrected chi connectivity index (χ0v) is 35.4. The van der Waals surface area contributed by atoms with Crippen molar-refractivity contribution >= 4 is 35.8 Å². The van der Waals surface area contributed by atoms with E-state index in [9.17, 15) is 28.8 Å². The van der Waals surface area contributed by atoms with Crippen molar-refractivity contribution in [3.05, 3.63) is 77.4 Å². The van der Waals surface area contributed by atoms with Crippen molar-refractivity contribution in [1.29, 1.82) is 0 Å². The average molecular weight is 845 g/mol. The van der Waals surface area contributed by atoms with Gasteiger partial charge in [0.15, 0.2) is 0 Å². The van der Waals surface area contributed by atoms with Crippen LogP contribution in [0.5, 0.6) is 5.75 Å². The summed E-state index contributed by atoms with van der Waals surface area (Å²) in [5.74, 6) is -5.65. The van der Waals surface area contributed by atoms with Gasteiger partial charge >= 0.3 is 35.8 Å². The highest BCUT2D eigenvalue weighted by Gasteiger charge is 2.38. The van der Waals surface area contributed by atoms with Gasteiger partial charge in [0.1, 0.15) is 49.2 Å². The van der Waals surface area contributed by atoms with Crippen LogP contribution < -0.4 is 4.74 Å². The summed E-state index contributed by atoms with van der Waals surface area (Å²) >= 11 is 0. The summed E-state index contributed by atoms with van der Waals surface area (Å²) in [5, 5.41) is 0. The van der Waals surface area contributed by atoms with Crippen LogP contribution in [0.1, 0.15) is 96.1 Å². The lowest BCUT2D eigenvalue weighted by Crippen LogP contribution is -2.44. The molecule has 0 N–H and O–H groups in total. The maximum atomic E-state index is 15.7. The Bertz CT molecular complexity index is 1760. The number of carbonyl (C=O) groups is 6. The van der Waals surface area contributed by atoms with Gasteiger partial charge in [0.05, 0.1) is 52.1 Å². The molecule has 2 aromatic carbocycles. The molecule has 0 aliphatic rings. The SMILES string of the molecule is C=C(C)C(=O)OCCCc1cc(-c2c(F)cc(CCCCCCC)cc2F)ccc1OCC(COC(=O)CCC(=O)OC)(COC(=O)CCC(=O)OC)COC(=O)C(=C)C. The highest BCUT2D eigenvalue weighted by molar-refractivity contribution is 5.87. The number of hydrogen-bond donors (Lipinski definition) is 0. The third-order valence-electron chi connectivity index (χ3n) is 9.18. The van der Waals surface area contributed by atoms with Gasteiger partial charge < -0.3 is 33.2 Å². The number of carbonyl (C=O) groups excluding carboxylic acids is 6. The third kappa shape index (κ3) is 18.1. The van der Waals surface area contributed by atoms with E-state index in [1.165, 1.54) is 38.1 Å². The second-order valence-electron chi connectivity index (χ2n) is 14.6. The molecule has 2 rings (SSSR count). The highest BCUT2D eigenvalue weighted by Crippen LogP contribution is 2.34. The summed E-state index contributed by atoms with van der Waals surface area (Å²) < 4.78 is 68.5. The van der Waals surface area contributed by atoms with E-state index in [1.54, 1.807) is 6.07 Å². The number of hydrogen-bond acceptors (Lipinski definition) is 13. The molecule has 0 aliphatic heterocycles. The van der Waals surface area contributed by atoms with Gasteiger partial charge in [0, 0.05) is 11.1 Å². The van der Waals surface area contributed by atoms with Gasteiger partial charge in [-0.15, -0.1) is 0 Å². The van der Waals surface area contributed by atoms with E-state index < -0.39 is 79.3 Å². The Hall–Kier alpha value is -5.60. The lowest BCUT2D eigenvalue weighted by atomic mass is 9.91. The molecule has 0 bridgehead atoms. The van der Waals surface area contributed by atoms with Gasteiger partial charge in [-0.2, -0.15) is 0 Å². The number of unbranched alkanes of at least 4 members (excludes halogenated alkanes) is 4. The van der Waals surface area contributed by atoms with E-state index in [1.807, 2.05) is 0 Å². The second kappa shape index (κ2) is 26.5. The minimum absolute atomic E-state index is 0.0190. The van der Waals surface area contributed by atoms with E-state index in [-0.39, 0.29) is 73.2 Å². The Balaban J connectivity index is 2.55. The zero-order chi connectivity index (χ0) is 44.7. The monoisotopic (exact) mass is 844 g/mol. The van der Waals surface area contributed by atoms with E-state index >= 15 is 8.78 Å². The van der Waals surface area contributed by atoms with Gasteiger partial charge in [-0.05, 0) is 80.5 Å². The van der Waals surface area contributed by atoms with Crippen molar-refractivity contribution in [3.63, 3.8) is 0 Å². The molecule has 60 heavy (non-hydrogen) atoms. The summed E-state index contributed by atoms with van der Waals surface area (Å²) in [5.41, 5.74) is -0.394. The van der Waals surface area contributed by atoms with Crippen LogP contribution in [0, 0.1) is 17.0 Å². The number of benzene rings is 2. The topological polar surface area (TPSA) is 167 Å². The van der Waals surface area contributed by atoms with E-state index in [4.69, 9.17) is 23.7 Å². The Morgan fingerprint density at radius 1 is 0.617 bits per heavy atom. The molecule has 0 unspecified atom stereocenters. The Morgan fingerprint density at radius 2 is 1.13 bits per heavy atom. The van der Waals surface area contributed by atoms with E-state index in [0.717, 1.165) is 46.3 Å². The van der Waals surface area contributed by atoms with Crippen LogP contribution in [0.4, 0.5) is 8.78 Å². The quantitative estimate of drug-likeness (QED) is 0.0355. The first-order valence-corrected chi connectivity index (χ1v) is 19.9. The predicted octanol–water partition coefficient (Wildman–Crippen LogP) is 7.67. The summed E-state index contributed by atoms with van der Waals surface area (Å²) in [7, 11) is 2.33. The molecule has 15 heteroatoms. The van der Waals surface area contributed by atoms with E-state index in [0.29, 0.717) is 17.5 Å². The molecule has 0 aromatic heterocycles. The number of esters is 6. The zero-order valence-electron chi connectivity index (χ0n) is 35.4. The first kappa shape index (κ1) is 50.5. The second-order valence-corrected chi connectivity index (χ2v) is 14.6. The summed E-state index contributed by atoms with van der Waals surface area (Å²) in [4.78, 5) is 73.5. The van der Waals surface area contributed by atoms with Crippen molar-refractivity contribution in [1.82, 2.24) is 0 Å². The third-order valence-corrected chi connectivity index (χ3v) is 9.18. The molecule has 0 atom stereocenters. The minimum Gasteiger partial charge on any atom is -0.492 e. The molecule has 0 amide bonds. The number of aryl methyl sites for hydroxylation is 2. The van der Waals surface area contributed by atoms with Gasteiger partial charge in [0.2, 0.25) is 0 Å². The fourth-order valence-corrected chi connectivity index (χ4v) is 5.65. The number of rotatable bonds is 28. The normalized spacial score (nSPS) is 10.9. The predicted molar refractivity (Wildman–Crippen MR) is 216 cm³/mol. The maximum absolute atomic E-state index is 15.7. The maximum Gasteiger partial charge on any atom is 0.333 e. The van der Waals surface area contributed by atoms with Crippen molar-refractivity contribution < 1.29 is 70.7 Å². The van der Waals surface area contributed by atoms with Crippen LogP contribution in [0.3, 0.4) is 0 Å². The Labute approximate surface area is 350 Å². The molecule has 0 heterocycles. The van der Waals surface area contributed by atoms with Crippen molar-refractivity contribution in [2.75, 3.05) is 47.3 Å². The van der Waals surface area contributed by atoms with E-state index in [2.05, 4.69) is 29.6 Å². The molecule has 2 aromatic rings. The first-order chi connectivity index (χ1) is 28.5. The molecule has 0 saturated heterocycles. The van der Waals surface area contributed by atoms with Crippen LogP contribution >= 0.6 is 0 Å².